The summed E-state index contributed by atoms with van der Waals surface area (Å²) in [5, 5.41) is 0. The van der Waals surface area contributed by atoms with Gasteiger partial charge in [0.25, 0.3) is 0 Å². The summed E-state index contributed by atoms with van der Waals surface area (Å²) in [4.78, 5) is 14.0. The van der Waals surface area contributed by atoms with Gasteiger partial charge in [0.2, 0.25) is 0 Å². The van der Waals surface area contributed by atoms with E-state index in [4.69, 9.17) is 14.2 Å². The molecule has 3 rings (SSSR count). The number of anilines is 1. The van der Waals surface area contributed by atoms with Crippen LogP contribution in [0.3, 0.4) is 0 Å². The van der Waals surface area contributed by atoms with Crippen LogP contribution in [0.1, 0.15) is 48.4 Å². The van der Waals surface area contributed by atoms with E-state index in [2.05, 4.69) is 0 Å². The Morgan fingerprint density at radius 3 is 1.94 bits per heavy atom. The van der Waals surface area contributed by atoms with Crippen LogP contribution >= 0.6 is 0 Å². The van der Waals surface area contributed by atoms with E-state index in [-0.39, 0.29) is 41.8 Å². The van der Waals surface area contributed by atoms with Crippen LogP contribution in [-0.2, 0) is 17.1 Å². The van der Waals surface area contributed by atoms with Gasteiger partial charge < -0.3 is 14.2 Å². The fourth-order valence-electron chi connectivity index (χ4n) is 4.15. The second kappa shape index (κ2) is 9.27. The van der Waals surface area contributed by atoms with Crippen LogP contribution in [0, 0.1) is 0 Å². The zero-order valence-corrected chi connectivity index (χ0v) is 18.8. The average Bonchev–Trinajstić information content (AvgIpc) is 2.76. The SMILES string of the molecule is CCOC(=O)N1c2cc(OC)c(OC)cc2[C@H](c2cc(C(F)(F)F)cc(C(F)(F)F)c2)C[C@H]1C. The minimum atomic E-state index is -4.98. The van der Waals surface area contributed by atoms with E-state index in [1.54, 1.807) is 13.8 Å². The molecule has 0 bridgehead atoms. The number of methoxy groups -OCH3 is 2. The predicted molar refractivity (Wildman–Crippen MR) is 111 cm³/mol. The third kappa shape index (κ3) is 4.88. The number of halogens is 6. The molecule has 1 aliphatic rings. The Morgan fingerprint density at radius 2 is 1.47 bits per heavy atom. The van der Waals surface area contributed by atoms with E-state index >= 15 is 0 Å². The maximum absolute atomic E-state index is 13.5. The summed E-state index contributed by atoms with van der Waals surface area (Å²) < 4.78 is 96.5. The minimum absolute atomic E-state index is 0.0555. The molecule has 0 fully saturated rings. The molecule has 0 saturated heterocycles. The highest BCUT2D eigenvalue weighted by molar-refractivity contribution is 5.91. The Morgan fingerprint density at radius 1 is 0.941 bits per heavy atom. The molecule has 34 heavy (non-hydrogen) atoms. The average molecular weight is 491 g/mol. The maximum atomic E-state index is 13.5. The van der Waals surface area contributed by atoms with Crippen LogP contribution in [-0.4, -0.2) is 33.0 Å². The van der Waals surface area contributed by atoms with Gasteiger partial charge in [-0.2, -0.15) is 26.3 Å². The van der Waals surface area contributed by atoms with E-state index in [0.29, 0.717) is 17.7 Å². The topological polar surface area (TPSA) is 48.0 Å². The number of amides is 1. The Hall–Kier alpha value is -3.11. The highest BCUT2D eigenvalue weighted by atomic mass is 19.4. The first-order valence-corrected chi connectivity index (χ1v) is 10.3. The van der Waals surface area contributed by atoms with Crippen molar-refractivity contribution in [2.75, 3.05) is 25.7 Å². The van der Waals surface area contributed by atoms with Crippen molar-refractivity contribution >= 4 is 11.8 Å². The van der Waals surface area contributed by atoms with Crippen LogP contribution in [0.4, 0.5) is 36.8 Å². The molecule has 0 N–H and O–H groups in total. The lowest BCUT2D eigenvalue weighted by atomic mass is 9.80. The molecule has 0 unspecified atom stereocenters. The standard InChI is InChI=1S/C23H23F6NO4/c1-5-34-21(31)30-12(2)6-16(17-10-19(32-3)20(33-4)11-18(17)30)13-7-14(22(24,25)26)9-15(8-13)23(27,28)29/h7-12,16H,5-6H2,1-4H3/t12-,16+/m1/s1. The number of hydrogen-bond donors (Lipinski definition) is 0. The summed E-state index contributed by atoms with van der Waals surface area (Å²) in [5.74, 6) is -0.435. The van der Waals surface area contributed by atoms with E-state index in [0.717, 1.165) is 0 Å². The number of alkyl halides is 6. The maximum Gasteiger partial charge on any atom is 0.416 e. The summed E-state index contributed by atoms with van der Waals surface area (Å²) >= 11 is 0. The van der Waals surface area contributed by atoms with Gasteiger partial charge in [-0.3, -0.25) is 4.90 Å². The summed E-state index contributed by atoms with van der Waals surface area (Å²) in [5.41, 5.74) is -2.41. The molecular formula is C23H23F6NO4. The lowest BCUT2D eigenvalue weighted by Crippen LogP contribution is -2.43. The third-order valence-corrected chi connectivity index (χ3v) is 5.66. The van der Waals surface area contributed by atoms with Crippen LogP contribution in [0.25, 0.3) is 0 Å². The molecule has 2 atom stereocenters. The number of rotatable bonds is 4. The van der Waals surface area contributed by atoms with E-state index < -0.39 is 41.5 Å². The molecule has 0 radical (unpaired) electrons. The van der Waals surface area contributed by atoms with Gasteiger partial charge in [-0.25, -0.2) is 4.79 Å². The zero-order valence-electron chi connectivity index (χ0n) is 18.8. The zero-order chi connectivity index (χ0) is 25.4. The molecule has 0 aromatic heterocycles. The monoisotopic (exact) mass is 491 g/mol. The van der Waals surface area contributed by atoms with E-state index in [1.807, 2.05) is 0 Å². The largest absolute Gasteiger partial charge is 0.493 e. The van der Waals surface area contributed by atoms with Crippen molar-refractivity contribution in [1.82, 2.24) is 0 Å². The van der Waals surface area contributed by atoms with Crippen LogP contribution in [0.5, 0.6) is 11.5 Å². The van der Waals surface area contributed by atoms with Crippen molar-refractivity contribution < 1.29 is 45.3 Å². The van der Waals surface area contributed by atoms with Gasteiger partial charge in [0.15, 0.2) is 11.5 Å². The molecule has 0 spiro atoms. The van der Waals surface area contributed by atoms with Gasteiger partial charge in [-0.1, -0.05) is 0 Å². The smallest absolute Gasteiger partial charge is 0.416 e. The predicted octanol–water partition coefficient (Wildman–Crippen LogP) is 6.63. The molecule has 5 nitrogen and oxygen atoms in total. The van der Waals surface area contributed by atoms with Gasteiger partial charge >= 0.3 is 18.4 Å². The third-order valence-electron chi connectivity index (χ3n) is 5.66. The summed E-state index contributed by atoms with van der Waals surface area (Å²) in [7, 11) is 2.71. The summed E-state index contributed by atoms with van der Waals surface area (Å²) in [6.07, 6.45) is -10.6. The number of fused-ring (bicyclic) bond motifs is 1. The van der Waals surface area contributed by atoms with Crippen molar-refractivity contribution in [1.29, 1.82) is 0 Å². The number of carbonyl (C=O) groups excluding carboxylic acids is 1. The molecule has 0 saturated carbocycles. The Balaban J connectivity index is 2.28. The molecule has 1 aliphatic heterocycles. The van der Waals surface area contributed by atoms with Crippen molar-refractivity contribution in [3.8, 4) is 11.5 Å². The van der Waals surface area contributed by atoms with Gasteiger partial charge in [0.05, 0.1) is 37.6 Å². The first kappa shape index (κ1) is 25.5. The number of nitrogens with zero attached hydrogens (tertiary/aromatic N) is 1. The van der Waals surface area contributed by atoms with Gasteiger partial charge in [0, 0.05) is 18.0 Å². The molecule has 1 heterocycles. The molecule has 1 amide bonds. The second-order valence-corrected chi connectivity index (χ2v) is 7.81. The molecule has 186 valence electrons. The highest BCUT2D eigenvalue weighted by Crippen LogP contribution is 2.48. The van der Waals surface area contributed by atoms with Crippen molar-refractivity contribution in [2.24, 2.45) is 0 Å². The molecule has 0 aliphatic carbocycles. The minimum Gasteiger partial charge on any atom is -0.493 e. The second-order valence-electron chi connectivity index (χ2n) is 7.81. The van der Waals surface area contributed by atoms with Crippen molar-refractivity contribution in [2.45, 2.75) is 44.6 Å². The fourth-order valence-corrected chi connectivity index (χ4v) is 4.15. The van der Waals surface area contributed by atoms with Crippen LogP contribution in [0.15, 0.2) is 30.3 Å². The number of ether oxygens (including phenoxy) is 3. The molecular weight excluding hydrogens is 468 g/mol. The Labute approximate surface area is 192 Å². The van der Waals surface area contributed by atoms with Gasteiger partial charge in [-0.05, 0) is 55.7 Å². The van der Waals surface area contributed by atoms with Crippen LogP contribution in [0.2, 0.25) is 0 Å². The van der Waals surface area contributed by atoms with Crippen LogP contribution < -0.4 is 14.4 Å². The lowest BCUT2D eigenvalue weighted by molar-refractivity contribution is -0.143. The van der Waals surface area contributed by atoms with Crippen molar-refractivity contribution in [3.63, 3.8) is 0 Å². The Bertz CT molecular complexity index is 1030. The first-order chi connectivity index (χ1) is 15.8. The first-order valence-electron chi connectivity index (χ1n) is 10.3. The van der Waals surface area contributed by atoms with Gasteiger partial charge in [-0.15, -0.1) is 0 Å². The number of carbonyl (C=O) groups is 1. The normalized spacial score (nSPS) is 18.4. The van der Waals surface area contributed by atoms with Crippen molar-refractivity contribution in [3.05, 3.63) is 52.6 Å². The number of hydrogen-bond acceptors (Lipinski definition) is 4. The number of benzene rings is 2. The Kier molecular flexibility index (Phi) is 6.95. The highest BCUT2D eigenvalue weighted by Gasteiger charge is 2.41. The molecule has 2 aromatic rings. The fraction of sp³-hybridized carbons (Fsp3) is 0.435. The summed E-state index contributed by atoms with van der Waals surface area (Å²) in [6.45, 7) is 3.34. The summed E-state index contributed by atoms with van der Waals surface area (Å²) in [6, 6.07) is 3.85. The van der Waals surface area contributed by atoms with E-state index in [9.17, 15) is 31.1 Å². The molecule has 2 aromatic carbocycles. The molecule has 11 heteroatoms. The van der Waals surface area contributed by atoms with Gasteiger partial charge in [0.1, 0.15) is 0 Å². The quantitative estimate of drug-likeness (QED) is 0.451. The lowest BCUT2D eigenvalue weighted by Gasteiger charge is -2.39. The van der Waals surface area contributed by atoms with E-state index in [1.165, 1.54) is 31.3 Å².